The molecule has 1 aromatic carbocycles. The molecule has 1 unspecified atom stereocenters. The zero-order valence-electron chi connectivity index (χ0n) is 14.3. The molecule has 0 fully saturated rings. The quantitative estimate of drug-likeness (QED) is 0.723. The van der Waals surface area contributed by atoms with Gasteiger partial charge in [0.15, 0.2) is 0 Å². The van der Waals surface area contributed by atoms with E-state index in [2.05, 4.69) is 16.5 Å². The van der Waals surface area contributed by atoms with Gasteiger partial charge in [0.05, 0.1) is 23.6 Å². The van der Waals surface area contributed by atoms with E-state index in [9.17, 15) is 9.59 Å². The summed E-state index contributed by atoms with van der Waals surface area (Å²) >= 11 is 0. The molecule has 3 aromatic rings. The number of pyridine rings is 1. The monoisotopic (exact) mass is 339 g/mol. The summed E-state index contributed by atoms with van der Waals surface area (Å²) in [6, 6.07) is 8.99. The Hall–Kier alpha value is -2.86. The van der Waals surface area contributed by atoms with Crippen molar-refractivity contribution in [2.24, 2.45) is 5.73 Å². The molecular formula is C19H21N3O3. The van der Waals surface area contributed by atoms with Gasteiger partial charge in [0.25, 0.3) is 5.56 Å². The van der Waals surface area contributed by atoms with Crippen molar-refractivity contribution in [3.05, 3.63) is 58.6 Å². The number of methoxy groups -OCH3 is 1. The van der Waals surface area contributed by atoms with Crippen LogP contribution in [0.15, 0.2) is 47.5 Å². The van der Waals surface area contributed by atoms with E-state index in [0.717, 1.165) is 23.1 Å². The highest BCUT2D eigenvalue weighted by Gasteiger charge is 2.18. The molecule has 0 aliphatic carbocycles. The summed E-state index contributed by atoms with van der Waals surface area (Å²) in [4.78, 5) is 26.5. The predicted molar refractivity (Wildman–Crippen MR) is 97.7 cm³/mol. The first-order chi connectivity index (χ1) is 12.1. The van der Waals surface area contributed by atoms with E-state index in [-0.39, 0.29) is 11.6 Å². The molecule has 6 nitrogen and oxygen atoms in total. The van der Waals surface area contributed by atoms with Crippen molar-refractivity contribution in [2.75, 3.05) is 13.7 Å². The van der Waals surface area contributed by atoms with E-state index in [4.69, 9.17) is 10.5 Å². The van der Waals surface area contributed by atoms with Crippen molar-refractivity contribution in [3.63, 3.8) is 0 Å². The van der Waals surface area contributed by atoms with Crippen LogP contribution in [-0.4, -0.2) is 29.2 Å². The molecule has 0 bridgehead atoms. The highest BCUT2D eigenvalue weighted by molar-refractivity contribution is 5.97. The molecule has 2 heterocycles. The minimum Gasteiger partial charge on any atom is -0.383 e. The second-order valence-electron chi connectivity index (χ2n) is 5.98. The highest BCUT2D eigenvalue weighted by atomic mass is 16.5. The maximum atomic E-state index is 12.5. The van der Waals surface area contributed by atoms with Gasteiger partial charge in [-0.25, -0.2) is 0 Å². The van der Waals surface area contributed by atoms with Crippen molar-refractivity contribution in [1.82, 2.24) is 9.55 Å². The maximum absolute atomic E-state index is 12.5. The van der Waals surface area contributed by atoms with Gasteiger partial charge in [-0.3, -0.25) is 9.59 Å². The van der Waals surface area contributed by atoms with Gasteiger partial charge >= 0.3 is 0 Å². The van der Waals surface area contributed by atoms with Gasteiger partial charge in [-0.2, -0.15) is 0 Å². The predicted octanol–water partition coefficient (Wildman–Crippen LogP) is 2.69. The van der Waals surface area contributed by atoms with Gasteiger partial charge in [0.1, 0.15) is 0 Å². The van der Waals surface area contributed by atoms with Gasteiger partial charge < -0.3 is 20.0 Å². The summed E-state index contributed by atoms with van der Waals surface area (Å²) < 4.78 is 7.42. The number of primary amides is 1. The summed E-state index contributed by atoms with van der Waals surface area (Å²) in [7, 11) is 1.67. The van der Waals surface area contributed by atoms with Crippen LogP contribution in [-0.2, 0) is 4.74 Å². The third-order valence-electron chi connectivity index (χ3n) is 4.46. The lowest BCUT2D eigenvalue weighted by molar-refractivity contribution is 0.100. The van der Waals surface area contributed by atoms with Crippen LogP contribution in [0.1, 0.15) is 29.7 Å². The molecule has 1 atom stereocenters. The number of nitrogens with one attached hydrogen (secondary N) is 1. The third-order valence-corrected chi connectivity index (χ3v) is 4.46. The number of rotatable bonds is 6. The average molecular weight is 339 g/mol. The minimum absolute atomic E-state index is 0.132. The minimum atomic E-state index is -0.474. The molecule has 130 valence electrons. The largest absolute Gasteiger partial charge is 0.383 e. The van der Waals surface area contributed by atoms with E-state index in [1.54, 1.807) is 25.4 Å². The molecule has 25 heavy (non-hydrogen) atoms. The van der Waals surface area contributed by atoms with E-state index in [0.29, 0.717) is 17.6 Å². The first-order valence-corrected chi connectivity index (χ1v) is 8.18. The van der Waals surface area contributed by atoms with Gasteiger partial charge in [0.2, 0.25) is 5.91 Å². The molecule has 3 rings (SSSR count). The zero-order chi connectivity index (χ0) is 18.0. The molecule has 6 heteroatoms. The number of fused-ring (bicyclic) bond motifs is 1. The fourth-order valence-electron chi connectivity index (χ4n) is 3.14. The number of carbonyl (C=O) groups is 1. The second-order valence-corrected chi connectivity index (χ2v) is 5.98. The highest BCUT2D eigenvalue weighted by Crippen LogP contribution is 2.31. The molecule has 0 aliphatic heterocycles. The number of nitrogens with two attached hydrogens (primary N) is 1. The van der Waals surface area contributed by atoms with Crippen LogP contribution in [0, 0.1) is 0 Å². The van der Waals surface area contributed by atoms with E-state index >= 15 is 0 Å². The number of benzene rings is 1. The summed E-state index contributed by atoms with van der Waals surface area (Å²) in [5.74, 6) is -0.474. The number of hydrogen-bond donors (Lipinski definition) is 2. The lowest BCUT2D eigenvalue weighted by atomic mass is 10.0. The fraction of sp³-hybridized carbons (Fsp3) is 0.263. The average Bonchev–Trinajstić information content (AvgIpc) is 3.00. The first-order valence-electron chi connectivity index (χ1n) is 8.18. The van der Waals surface area contributed by atoms with Gasteiger partial charge in [-0.05, 0) is 30.2 Å². The lowest BCUT2D eigenvalue weighted by Crippen LogP contribution is -2.13. The number of nitrogens with zero attached hydrogens (tertiary/aromatic N) is 1. The Morgan fingerprint density at radius 1 is 1.28 bits per heavy atom. The Morgan fingerprint density at radius 2 is 2.00 bits per heavy atom. The molecule has 0 saturated carbocycles. The van der Waals surface area contributed by atoms with Crippen LogP contribution < -0.4 is 11.3 Å². The Bertz CT molecular complexity index is 954. The number of amides is 1. The maximum Gasteiger partial charge on any atom is 0.258 e. The van der Waals surface area contributed by atoms with Crippen molar-refractivity contribution in [1.29, 1.82) is 0 Å². The van der Waals surface area contributed by atoms with Crippen LogP contribution >= 0.6 is 0 Å². The van der Waals surface area contributed by atoms with Crippen molar-refractivity contribution >= 4 is 16.8 Å². The van der Waals surface area contributed by atoms with Gasteiger partial charge in [-0.1, -0.05) is 19.1 Å². The Labute approximate surface area is 145 Å². The van der Waals surface area contributed by atoms with Crippen molar-refractivity contribution in [2.45, 2.75) is 19.4 Å². The number of aromatic nitrogens is 2. The topological polar surface area (TPSA) is 90.1 Å². The molecular weight excluding hydrogens is 318 g/mol. The van der Waals surface area contributed by atoms with Gasteiger partial charge in [-0.15, -0.1) is 0 Å². The van der Waals surface area contributed by atoms with Crippen LogP contribution in [0.25, 0.3) is 22.0 Å². The number of ether oxygens (including phenoxy) is 1. The Balaban J connectivity index is 2.21. The molecule has 0 spiro atoms. The summed E-state index contributed by atoms with van der Waals surface area (Å²) in [5, 5.41) is 0.629. The summed E-state index contributed by atoms with van der Waals surface area (Å²) in [5.41, 5.74) is 8.14. The van der Waals surface area contributed by atoms with Crippen LogP contribution in [0.3, 0.4) is 0 Å². The number of H-pyrrole nitrogens is 1. The molecule has 3 N–H and O–H groups in total. The third kappa shape index (κ3) is 3.08. The lowest BCUT2D eigenvalue weighted by Gasteiger charge is -2.17. The van der Waals surface area contributed by atoms with E-state index in [1.165, 1.54) is 0 Å². The molecule has 2 aromatic heterocycles. The van der Waals surface area contributed by atoms with Crippen LogP contribution in [0.5, 0.6) is 0 Å². The zero-order valence-corrected chi connectivity index (χ0v) is 14.3. The Kier molecular flexibility index (Phi) is 4.72. The fourth-order valence-corrected chi connectivity index (χ4v) is 3.14. The second kappa shape index (κ2) is 6.94. The Morgan fingerprint density at radius 3 is 2.60 bits per heavy atom. The van der Waals surface area contributed by atoms with Gasteiger partial charge in [0, 0.05) is 30.6 Å². The van der Waals surface area contributed by atoms with Crippen LogP contribution in [0.4, 0.5) is 0 Å². The smallest absolute Gasteiger partial charge is 0.258 e. The SMILES string of the molecule is CCC(COC)n1cc(-c2ccc(C(N)=O)cc2)c2c(=O)[nH]ccc21. The standard InChI is InChI=1S/C19H21N3O3/c1-3-14(11-25-2)22-10-15(17-16(22)8-9-21-19(17)24)12-4-6-13(7-5-12)18(20)23/h4-10,14H,3,11H2,1-2H3,(H2,20,23)(H,21,24). The molecule has 0 radical (unpaired) electrons. The summed E-state index contributed by atoms with van der Waals surface area (Å²) in [6.07, 6.45) is 4.51. The van der Waals surface area contributed by atoms with E-state index in [1.807, 2.05) is 24.4 Å². The van der Waals surface area contributed by atoms with Crippen LogP contribution in [0.2, 0.25) is 0 Å². The first kappa shape index (κ1) is 17.0. The molecule has 1 amide bonds. The van der Waals surface area contributed by atoms with Crippen molar-refractivity contribution in [3.8, 4) is 11.1 Å². The number of hydrogen-bond acceptors (Lipinski definition) is 3. The number of carbonyl (C=O) groups excluding carboxylic acids is 1. The molecule has 0 aliphatic rings. The number of aromatic amines is 1. The normalized spacial score (nSPS) is 12.4. The summed E-state index contributed by atoms with van der Waals surface area (Å²) in [6.45, 7) is 2.65. The van der Waals surface area contributed by atoms with E-state index < -0.39 is 5.91 Å². The molecule has 0 saturated heterocycles. The van der Waals surface area contributed by atoms with Crippen molar-refractivity contribution < 1.29 is 9.53 Å².